The molecule has 0 saturated heterocycles. The van der Waals surface area contributed by atoms with E-state index in [4.69, 9.17) is 9.47 Å². The zero-order valence-electron chi connectivity index (χ0n) is 14.0. The summed E-state index contributed by atoms with van der Waals surface area (Å²) in [4.78, 5) is 0. The molecule has 1 N–H and O–H groups in total. The molecule has 3 aromatic rings. The first-order valence-electron chi connectivity index (χ1n) is 8.48. The Bertz CT molecular complexity index is 839. The number of hydrogen-bond acceptors (Lipinski definition) is 4. The fourth-order valence-corrected chi connectivity index (χ4v) is 3.22. The third-order valence-electron chi connectivity index (χ3n) is 4.38. The van der Waals surface area contributed by atoms with Crippen molar-refractivity contribution >= 4 is 10.9 Å². The second-order valence-electron chi connectivity index (χ2n) is 6.47. The van der Waals surface area contributed by atoms with Crippen molar-refractivity contribution in [2.75, 3.05) is 6.61 Å². The van der Waals surface area contributed by atoms with Gasteiger partial charge in [-0.3, -0.25) is 9.78 Å². The molecule has 1 aliphatic rings. The molecule has 0 saturated carbocycles. The number of H-pyrrole nitrogens is 1. The Morgan fingerprint density at radius 3 is 3.08 bits per heavy atom. The number of nitrogens with zero attached hydrogens (tertiary/aromatic N) is 3. The molecule has 6 nitrogen and oxygen atoms in total. The minimum atomic E-state index is 0.0962. The lowest BCUT2D eigenvalue weighted by Gasteiger charge is -2.19. The first-order valence-corrected chi connectivity index (χ1v) is 8.48. The topological polar surface area (TPSA) is 65.0 Å². The van der Waals surface area contributed by atoms with Gasteiger partial charge in [-0.2, -0.15) is 10.2 Å². The minimum absolute atomic E-state index is 0.0962. The quantitative estimate of drug-likeness (QED) is 0.688. The molecule has 4 rings (SSSR count). The Kier molecular flexibility index (Phi) is 3.98. The molecular weight excluding hydrogens is 304 g/mol. The zero-order chi connectivity index (χ0) is 16.5. The van der Waals surface area contributed by atoms with Crippen LogP contribution in [0.1, 0.15) is 26.7 Å². The van der Waals surface area contributed by atoms with E-state index in [2.05, 4.69) is 29.1 Å². The first-order chi connectivity index (χ1) is 11.7. The number of hydrogen-bond donors (Lipinski definition) is 1. The predicted octanol–water partition coefficient (Wildman–Crippen LogP) is 3.39. The number of aromatic nitrogens is 4. The van der Waals surface area contributed by atoms with Gasteiger partial charge in [0.15, 0.2) is 0 Å². The van der Waals surface area contributed by atoms with Crippen LogP contribution in [0.15, 0.2) is 30.6 Å². The number of benzene rings is 1. The number of nitrogens with one attached hydrogen (secondary N) is 1. The second-order valence-corrected chi connectivity index (χ2v) is 6.47. The molecule has 0 unspecified atom stereocenters. The summed E-state index contributed by atoms with van der Waals surface area (Å²) in [5.41, 5.74) is 2.92. The molecule has 0 aliphatic carbocycles. The van der Waals surface area contributed by atoms with Gasteiger partial charge in [0.2, 0.25) is 0 Å². The van der Waals surface area contributed by atoms with Crippen LogP contribution < -0.4 is 4.74 Å². The highest BCUT2D eigenvalue weighted by Crippen LogP contribution is 2.29. The summed E-state index contributed by atoms with van der Waals surface area (Å²) in [7, 11) is 0. The summed E-state index contributed by atoms with van der Waals surface area (Å²) in [6, 6.07) is 6.04. The van der Waals surface area contributed by atoms with E-state index in [9.17, 15) is 0 Å². The van der Waals surface area contributed by atoms with Crippen molar-refractivity contribution in [3.05, 3.63) is 30.6 Å². The van der Waals surface area contributed by atoms with Crippen molar-refractivity contribution in [3.8, 4) is 17.0 Å². The fourth-order valence-electron chi connectivity index (χ4n) is 3.22. The molecular formula is C18H22N4O2. The summed E-state index contributed by atoms with van der Waals surface area (Å²) in [6.45, 7) is 5.75. The van der Waals surface area contributed by atoms with Gasteiger partial charge in [-0.05, 0) is 38.5 Å². The lowest BCUT2D eigenvalue weighted by Crippen LogP contribution is -2.21. The highest BCUT2D eigenvalue weighted by Gasteiger charge is 2.15. The van der Waals surface area contributed by atoms with E-state index in [1.54, 1.807) is 0 Å². The van der Waals surface area contributed by atoms with E-state index in [-0.39, 0.29) is 12.2 Å². The smallest absolute Gasteiger partial charge is 0.120 e. The Balaban J connectivity index is 1.75. The highest BCUT2D eigenvalue weighted by molar-refractivity contribution is 5.93. The fraction of sp³-hybridized carbons (Fsp3) is 0.444. The average molecular weight is 326 g/mol. The monoisotopic (exact) mass is 326 g/mol. The van der Waals surface area contributed by atoms with E-state index in [1.807, 2.05) is 35.3 Å². The van der Waals surface area contributed by atoms with Gasteiger partial charge in [0.1, 0.15) is 11.4 Å². The molecule has 0 fully saturated rings. The van der Waals surface area contributed by atoms with Gasteiger partial charge in [-0.1, -0.05) is 0 Å². The summed E-state index contributed by atoms with van der Waals surface area (Å²) >= 11 is 0. The van der Waals surface area contributed by atoms with Gasteiger partial charge in [0, 0.05) is 36.7 Å². The maximum atomic E-state index is 6.09. The van der Waals surface area contributed by atoms with E-state index >= 15 is 0 Å². The summed E-state index contributed by atoms with van der Waals surface area (Å²) < 4.78 is 13.9. The van der Waals surface area contributed by atoms with Crippen molar-refractivity contribution in [2.45, 2.75) is 45.4 Å². The summed E-state index contributed by atoms with van der Waals surface area (Å²) in [6.07, 6.45) is 5.97. The third kappa shape index (κ3) is 3.01. The van der Waals surface area contributed by atoms with Crippen molar-refractivity contribution in [1.82, 2.24) is 20.0 Å². The summed E-state index contributed by atoms with van der Waals surface area (Å²) in [5.74, 6) is 0.854. The molecule has 2 atom stereocenters. The van der Waals surface area contributed by atoms with E-state index in [0.29, 0.717) is 0 Å². The molecule has 3 heterocycles. The van der Waals surface area contributed by atoms with Crippen LogP contribution in [0.5, 0.6) is 5.75 Å². The number of aryl methyl sites for hydroxylation is 1. The highest BCUT2D eigenvalue weighted by atomic mass is 16.5. The van der Waals surface area contributed by atoms with Crippen LogP contribution in [0.3, 0.4) is 0 Å². The van der Waals surface area contributed by atoms with Gasteiger partial charge in [0.25, 0.3) is 0 Å². The van der Waals surface area contributed by atoms with E-state index in [1.165, 1.54) is 0 Å². The SMILES string of the molecule is C[C@@H]1C[C@@H](C)Oc2ccc3[nH]nc(c3c2)-c2cnn(c2)CCCO1. The van der Waals surface area contributed by atoms with Crippen LogP contribution >= 0.6 is 0 Å². The van der Waals surface area contributed by atoms with Crippen LogP contribution in [0.25, 0.3) is 22.2 Å². The number of ether oxygens (including phenoxy) is 2. The predicted molar refractivity (Wildman–Crippen MR) is 92.1 cm³/mol. The number of aromatic amines is 1. The molecule has 1 aliphatic heterocycles. The Hall–Kier alpha value is -2.34. The van der Waals surface area contributed by atoms with Crippen molar-refractivity contribution in [3.63, 3.8) is 0 Å². The number of rotatable bonds is 0. The molecule has 126 valence electrons. The maximum absolute atomic E-state index is 6.09. The Morgan fingerprint density at radius 2 is 2.17 bits per heavy atom. The van der Waals surface area contributed by atoms with Crippen molar-refractivity contribution < 1.29 is 9.47 Å². The van der Waals surface area contributed by atoms with Gasteiger partial charge in [-0.15, -0.1) is 0 Å². The summed E-state index contributed by atoms with van der Waals surface area (Å²) in [5, 5.41) is 13.0. The van der Waals surface area contributed by atoms with Crippen LogP contribution in [0, 0.1) is 0 Å². The average Bonchev–Trinajstić information content (AvgIpc) is 3.16. The zero-order valence-corrected chi connectivity index (χ0v) is 14.0. The molecule has 0 spiro atoms. The van der Waals surface area contributed by atoms with Crippen LogP contribution in [-0.4, -0.2) is 38.8 Å². The molecule has 0 amide bonds. The van der Waals surface area contributed by atoms with Gasteiger partial charge in [0.05, 0.1) is 23.9 Å². The second kappa shape index (κ2) is 6.28. The molecule has 6 heteroatoms. The maximum Gasteiger partial charge on any atom is 0.120 e. The first kappa shape index (κ1) is 15.2. The lowest BCUT2D eigenvalue weighted by molar-refractivity contribution is 0.0319. The Labute approximate surface area is 140 Å². The molecule has 1 aromatic carbocycles. The normalized spacial score (nSPS) is 22.1. The standard InChI is InChI=1S/C18H22N4O2/c1-12-8-13(2)24-15-4-5-17-16(9-15)18(21-20-17)14-10-19-22(11-14)6-3-7-23-12/h4-5,9-13H,3,6-8H2,1-2H3,(H,20,21)/t12-,13-/m1/s1. The van der Waals surface area contributed by atoms with Crippen molar-refractivity contribution in [1.29, 1.82) is 0 Å². The molecule has 0 radical (unpaired) electrons. The van der Waals surface area contributed by atoms with Crippen molar-refractivity contribution in [2.24, 2.45) is 0 Å². The van der Waals surface area contributed by atoms with Crippen LogP contribution in [0.4, 0.5) is 0 Å². The van der Waals surface area contributed by atoms with Gasteiger partial charge >= 0.3 is 0 Å². The van der Waals surface area contributed by atoms with Gasteiger partial charge in [-0.25, -0.2) is 0 Å². The van der Waals surface area contributed by atoms with E-state index in [0.717, 1.165) is 53.9 Å². The molecule has 24 heavy (non-hydrogen) atoms. The van der Waals surface area contributed by atoms with E-state index < -0.39 is 0 Å². The minimum Gasteiger partial charge on any atom is -0.491 e. The largest absolute Gasteiger partial charge is 0.491 e. The van der Waals surface area contributed by atoms with Gasteiger partial charge < -0.3 is 9.47 Å². The van der Waals surface area contributed by atoms with Crippen LogP contribution in [-0.2, 0) is 11.3 Å². The molecule has 4 bridgehead atoms. The third-order valence-corrected chi connectivity index (χ3v) is 4.38. The molecule has 2 aromatic heterocycles. The Morgan fingerprint density at radius 1 is 1.25 bits per heavy atom. The number of fused-ring (bicyclic) bond motifs is 4. The van der Waals surface area contributed by atoms with Crippen LogP contribution in [0.2, 0.25) is 0 Å². The lowest BCUT2D eigenvalue weighted by atomic mass is 10.1.